The molecule has 2 aliphatic rings. The van der Waals surface area contributed by atoms with Crippen molar-refractivity contribution in [2.75, 3.05) is 8.86 Å². The average Bonchev–Trinajstić information content (AvgIpc) is 2.47. The van der Waals surface area contributed by atoms with E-state index in [1.165, 1.54) is 40.3 Å². The van der Waals surface area contributed by atoms with Crippen molar-refractivity contribution in [1.82, 2.24) is 0 Å². The van der Waals surface area contributed by atoms with Crippen LogP contribution in [0.1, 0.15) is 31.2 Å². The first kappa shape index (κ1) is 13.3. The maximum absolute atomic E-state index is 13.1. The summed E-state index contributed by atoms with van der Waals surface area (Å²) in [5.41, 5.74) is 0.900. The van der Waals surface area contributed by atoms with Gasteiger partial charge in [0.2, 0.25) is 0 Å². The fourth-order valence-electron chi connectivity index (χ4n) is 2.66. The van der Waals surface area contributed by atoms with Crippen molar-refractivity contribution in [3.05, 3.63) is 29.6 Å². The summed E-state index contributed by atoms with van der Waals surface area (Å²) in [4.78, 5) is 12.5. The standard InChI is InChI=1S/C15H18FIO2/c16-12-5-7-13-11(10-12)4-6-14(19-13)15(18)17-8-2-1-3-9-17/h5,7,10,14H,1-4,6,8-9H2. The molecule has 0 bridgehead atoms. The zero-order valence-corrected chi connectivity index (χ0v) is 13.0. The topological polar surface area (TPSA) is 26.3 Å². The minimum absolute atomic E-state index is 0.227. The summed E-state index contributed by atoms with van der Waals surface area (Å²) in [6.07, 6.45) is 4.98. The van der Waals surface area contributed by atoms with Gasteiger partial charge in [-0.25, -0.2) is 0 Å². The van der Waals surface area contributed by atoms with Gasteiger partial charge in [0.25, 0.3) is 0 Å². The van der Waals surface area contributed by atoms with Crippen LogP contribution < -0.4 is 4.74 Å². The Morgan fingerprint density at radius 1 is 1.26 bits per heavy atom. The molecule has 0 spiro atoms. The van der Waals surface area contributed by atoms with Crippen molar-refractivity contribution in [3.8, 4) is 5.75 Å². The summed E-state index contributed by atoms with van der Waals surface area (Å²) >= 11 is -1.44. The second-order valence-electron chi connectivity index (χ2n) is 5.10. The van der Waals surface area contributed by atoms with Gasteiger partial charge < -0.3 is 0 Å². The fourth-order valence-corrected chi connectivity index (χ4v) is 8.60. The van der Waals surface area contributed by atoms with Gasteiger partial charge in [-0.3, -0.25) is 0 Å². The Hall–Kier alpha value is -0.650. The SMILES string of the molecule is O=C(C1CCc2cc(F)ccc2O1)I1CCCCC1. The molecule has 1 aromatic carbocycles. The van der Waals surface area contributed by atoms with E-state index in [1.54, 1.807) is 6.07 Å². The molecule has 104 valence electrons. The van der Waals surface area contributed by atoms with Crippen molar-refractivity contribution in [3.63, 3.8) is 0 Å². The molecule has 4 heteroatoms. The van der Waals surface area contributed by atoms with E-state index >= 15 is 0 Å². The number of hydrogen-bond donors (Lipinski definition) is 0. The molecule has 1 atom stereocenters. The van der Waals surface area contributed by atoms with Gasteiger partial charge in [0, 0.05) is 0 Å². The van der Waals surface area contributed by atoms with Gasteiger partial charge in [-0.2, -0.15) is 0 Å². The molecular weight excluding hydrogens is 358 g/mol. The molecule has 1 aromatic rings. The molecule has 0 amide bonds. The Kier molecular flexibility index (Phi) is 4.05. The number of hydrogen-bond acceptors (Lipinski definition) is 2. The maximum atomic E-state index is 13.1. The van der Waals surface area contributed by atoms with Crippen LogP contribution in [0.2, 0.25) is 0 Å². The monoisotopic (exact) mass is 376 g/mol. The van der Waals surface area contributed by atoms with E-state index < -0.39 is 19.8 Å². The van der Waals surface area contributed by atoms with Crippen molar-refractivity contribution in [2.45, 2.75) is 38.2 Å². The fraction of sp³-hybridized carbons (Fsp3) is 0.533. The van der Waals surface area contributed by atoms with Crippen molar-refractivity contribution in [1.29, 1.82) is 0 Å². The third-order valence-corrected chi connectivity index (χ3v) is 10.0. The number of benzene rings is 1. The van der Waals surface area contributed by atoms with Crippen LogP contribution in [0.15, 0.2) is 18.2 Å². The zero-order valence-electron chi connectivity index (χ0n) is 10.8. The molecule has 19 heavy (non-hydrogen) atoms. The van der Waals surface area contributed by atoms with Crippen LogP contribution in [0, 0.1) is 5.82 Å². The van der Waals surface area contributed by atoms with Gasteiger partial charge >= 0.3 is 120 Å². The zero-order chi connectivity index (χ0) is 13.2. The predicted molar refractivity (Wildman–Crippen MR) is 81.7 cm³/mol. The van der Waals surface area contributed by atoms with Gasteiger partial charge in [0.15, 0.2) is 0 Å². The predicted octanol–water partition coefficient (Wildman–Crippen LogP) is 3.74. The third kappa shape index (κ3) is 2.93. The second-order valence-corrected chi connectivity index (χ2v) is 10.9. The Morgan fingerprint density at radius 3 is 2.84 bits per heavy atom. The Morgan fingerprint density at radius 2 is 2.05 bits per heavy atom. The summed E-state index contributed by atoms with van der Waals surface area (Å²) in [7, 11) is 0. The molecule has 0 N–H and O–H groups in total. The van der Waals surface area contributed by atoms with Gasteiger partial charge in [0.05, 0.1) is 0 Å². The summed E-state index contributed by atoms with van der Waals surface area (Å²) in [6.45, 7) is 0. The molecule has 1 fully saturated rings. The van der Waals surface area contributed by atoms with Gasteiger partial charge in [0.1, 0.15) is 0 Å². The number of carbonyl (C=O) groups is 1. The quantitative estimate of drug-likeness (QED) is 0.447. The number of rotatable bonds is 2. The average molecular weight is 376 g/mol. The van der Waals surface area contributed by atoms with Crippen LogP contribution in [0.25, 0.3) is 0 Å². The molecule has 2 nitrogen and oxygen atoms in total. The minimum atomic E-state index is -1.44. The number of halogens is 2. The Labute approximate surface area is 120 Å². The van der Waals surface area contributed by atoms with Gasteiger partial charge in [-0.05, 0) is 0 Å². The number of aryl methyl sites for hydroxylation is 1. The van der Waals surface area contributed by atoms with E-state index in [2.05, 4.69) is 0 Å². The van der Waals surface area contributed by atoms with E-state index in [-0.39, 0.29) is 11.9 Å². The number of ether oxygens (including phenoxy) is 1. The Bertz CT molecular complexity index is 483. The molecule has 3 rings (SSSR count). The molecule has 0 aliphatic carbocycles. The van der Waals surface area contributed by atoms with Crippen LogP contribution >= 0.6 is 19.8 Å². The molecule has 0 saturated carbocycles. The first-order valence-electron chi connectivity index (χ1n) is 6.84. The van der Waals surface area contributed by atoms with Crippen LogP contribution in [0.5, 0.6) is 5.75 Å². The number of alkyl halides is 2. The number of fused-ring (bicyclic) bond motifs is 1. The summed E-state index contributed by atoms with van der Waals surface area (Å²) < 4.78 is 21.7. The first-order valence-corrected chi connectivity index (χ1v) is 11.0. The molecule has 1 saturated heterocycles. The van der Waals surface area contributed by atoms with Gasteiger partial charge in [-0.1, -0.05) is 0 Å². The molecule has 1 unspecified atom stereocenters. The normalized spacial score (nSPS) is 24.5. The van der Waals surface area contributed by atoms with Gasteiger partial charge in [-0.15, -0.1) is 0 Å². The van der Waals surface area contributed by atoms with Crippen LogP contribution in [-0.4, -0.2) is 18.7 Å². The summed E-state index contributed by atoms with van der Waals surface area (Å²) in [5.74, 6) is 0.480. The molecule has 2 aliphatic heterocycles. The Balaban J connectivity index is 1.71. The van der Waals surface area contributed by atoms with Crippen molar-refractivity contribution < 1.29 is 13.9 Å². The van der Waals surface area contributed by atoms with Crippen molar-refractivity contribution >= 4 is 23.6 Å². The molecule has 2 heterocycles. The number of carbonyl (C=O) groups excluding carboxylic acids is 1. The molecular formula is C15H18FIO2. The van der Waals surface area contributed by atoms with E-state index in [4.69, 9.17) is 4.74 Å². The molecule has 0 aromatic heterocycles. The van der Waals surface area contributed by atoms with Crippen LogP contribution in [0.4, 0.5) is 4.39 Å². The molecule has 0 radical (unpaired) electrons. The third-order valence-electron chi connectivity index (χ3n) is 3.71. The van der Waals surface area contributed by atoms with Crippen molar-refractivity contribution in [2.24, 2.45) is 0 Å². The summed E-state index contributed by atoms with van der Waals surface area (Å²) in [6, 6.07) is 4.59. The van der Waals surface area contributed by atoms with E-state index in [0.717, 1.165) is 18.4 Å². The van der Waals surface area contributed by atoms with Crippen LogP contribution in [0.3, 0.4) is 0 Å². The summed E-state index contributed by atoms with van der Waals surface area (Å²) in [5, 5.41) is 0. The first-order chi connectivity index (χ1) is 9.24. The van der Waals surface area contributed by atoms with Crippen LogP contribution in [-0.2, 0) is 11.2 Å². The van der Waals surface area contributed by atoms with E-state index in [0.29, 0.717) is 9.54 Å². The van der Waals surface area contributed by atoms with E-state index in [1.807, 2.05) is 0 Å². The van der Waals surface area contributed by atoms with E-state index in [9.17, 15) is 9.18 Å². The second kappa shape index (κ2) is 5.77.